The number of ether oxygens (including phenoxy) is 1. The monoisotopic (exact) mass is 262 g/mol. The van der Waals surface area contributed by atoms with Gasteiger partial charge in [0.05, 0.1) is 11.8 Å². The molecule has 1 fully saturated rings. The van der Waals surface area contributed by atoms with Crippen molar-refractivity contribution in [2.24, 2.45) is 11.7 Å². The average Bonchev–Trinajstić information content (AvgIpc) is 2.46. The Kier molecular flexibility index (Phi) is 5.34. The lowest BCUT2D eigenvalue weighted by Crippen LogP contribution is -2.36. The van der Waals surface area contributed by atoms with Crippen molar-refractivity contribution < 1.29 is 4.74 Å². The number of aromatic nitrogens is 1. The standard InChI is InChI=1S/C16H26N2O/c1-3-13(17)16(14-9-6-7-11-18-14)19-15-10-5-4-8-12(15)2/h6-7,9,11-13,15-16H,3-5,8,10,17H2,1-2H3. The van der Waals surface area contributed by atoms with Crippen LogP contribution in [0.2, 0.25) is 0 Å². The van der Waals surface area contributed by atoms with Crippen LogP contribution in [0.25, 0.3) is 0 Å². The lowest BCUT2D eigenvalue weighted by Gasteiger charge is -2.34. The summed E-state index contributed by atoms with van der Waals surface area (Å²) >= 11 is 0. The van der Waals surface area contributed by atoms with Crippen molar-refractivity contribution in [2.45, 2.75) is 64.2 Å². The normalized spacial score (nSPS) is 26.9. The van der Waals surface area contributed by atoms with E-state index >= 15 is 0 Å². The number of rotatable bonds is 5. The third-order valence-corrected chi connectivity index (χ3v) is 4.19. The summed E-state index contributed by atoms with van der Waals surface area (Å²) in [6, 6.07) is 5.98. The minimum atomic E-state index is -0.0725. The third-order valence-electron chi connectivity index (χ3n) is 4.19. The number of hydrogen-bond donors (Lipinski definition) is 1. The predicted molar refractivity (Wildman–Crippen MR) is 77.7 cm³/mol. The van der Waals surface area contributed by atoms with E-state index in [-0.39, 0.29) is 12.1 Å². The zero-order valence-corrected chi connectivity index (χ0v) is 12.1. The topological polar surface area (TPSA) is 48.1 Å². The molecule has 0 amide bonds. The predicted octanol–water partition coefficient (Wildman–Crippen LogP) is 3.46. The molecule has 2 N–H and O–H groups in total. The van der Waals surface area contributed by atoms with E-state index in [1.807, 2.05) is 24.4 Å². The summed E-state index contributed by atoms with van der Waals surface area (Å²) in [7, 11) is 0. The summed E-state index contributed by atoms with van der Waals surface area (Å²) in [5.74, 6) is 0.629. The highest BCUT2D eigenvalue weighted by Gasteiger charge is 2.29. The summed E-state index contributed by atoms with van der Waals surface area (Å²) in [5, 5.41) is 0. The molecule has 1 aliphatic rings. The zero-order chi connectivity index (χ0) is 13.7. The Labute approximate surface area is 116 Å². The first-order valence-electron chi connectivity index (χ1n) is 7.54. The number of hydrogen-bond acceptors (Lipinski definition) is 3. The molecular formula is C16H26N2O. The zero-order valence-electron chi connectivity index (χ0n) is 12.1. The van der Waals surface area contributed by atoms with Gasteiger partial charge in [0.2, 0.25) is 0 Å². The molecule has 1 heterocycles. The highest BCUT2D eigenvalue weighted by molar-refractivity contribution is 5.09. The van der Waals surface area contributed by atoms with Gasteiger partial charge < -0.3 is 10.5 Å². The Morgan fingerprint density at radius 1 is 1.37 bits per heavy atom. The van der Waals surface area contributed by atoms with Gasteiger partial charge in [-0.25, -0.2) is 0 Å². The fraction of sp³-hybridized carbons (Fsp3) is 0.688. The summed E-state index contributed by atoms with van der Waals surface area (Å²) in [4.78, 5) is 4.43. The van der Waals surface area contributed by atoms with Gasteiger partial charge in [-0.15, -0.1) is 0 Å². The van der Waals surface area contributed by atoms with Crippen LogP contribution < -0.4 is 5.73 Å². The molecule has 0 spiro atoms. The summed E-state index contributed by atoms with van der Waals surface area (Å²) in [6.45, 7) is 4.39. The van der Waals surface area contributed by atoms with Crippen LogP contribution in [0.3, 0.4) is 0 Å². The van der Waals surface area contributed by atoms with E-state index in [1.54, 1.807) is 0 Å². The van der Waals surface area contributed by atoms with Gasteiger partial charge in [-0.05, 0) is 37.3 Å². The molecule has 0 aromatic carbocycles. The van der Waals surface area contributed by atoms with Gasteiger partial charge in [-0.2, -0.15) is 0 Å². The van der Waals surface area contributed by atoms with E-state index in [0.29, 0.717) is 12.0 Å². The summed E-state index contributed by atoms with van der Waals surface area (Å²) in [6.07, 6.45) is 8.00. The maximum atomic E-state index is 6.35. The first-order valence-corrected chi connectivity index (χ1v) is 7.54. The van der Waals surface area contributed by atoms with Gasteiger partial charge in [0.1, 0.15) is 6.10 Å². The quantitative estimate of drug-likeness (QED) is 0.884. The molecule has 4 atom stereocenters. The van der Waals surface area contributed by atoms with E-state index < -0.39 is 0 Å². The SMILES string of the molecule is CCC(N)C(OC1CCCCC1C)c1ccccn1. The molecule has 1 aromatic heterocycles. The third kappa shape index (κ3) is 3.77. The Hall–Kier alpha value is -0.930. The highest BCUT2D eigenvalue weighted by atomic mass is 16.5. The van der Waals surface area contributed by atoms with Crippen molar-refractivity contribution in [3.05, 3.63) is 30.1 Å². The average molecular weight is 262 g/mol. The van der Waals surface area contributed by atoms with E-state index in [2.05, 4.69) is 18.8 Å². The van der Waals surface area contributed by atoms with Gasteiger partial charge in [-0.1, -0.05) is 32.8 Å². The highest BCUT2D eigenvalue weighted by Crippen LogP contribution is 2.31. The van der Waals surface area contributed by atoms with Crippen LogP contribution >= 0.6 is 0 Å². The Morgan fingerprint density at radius 3 is 2.79 bits per heavy atom. The molecule has 3 nitrogen and oxygen atoms in total. The Bertz CT molecular complexity index is 368. The molecule has 1 saturated carbocycles. The number of nitrogens with zero attached hydrogens (tertiary/aromatic N) is 1. The molecular weight excluding hydrogens is 236 g/mol. The molecule has 4 unspecified atom stereocenters. The minimum absolute atomic E-state index is 0.0176. The van der Waals surface area contributed by atoms with E-state index in [1.165, 1.54) is 19.3 Å². The molecule has 2 rings (SSSR count). The van der Waals surface area contributed by atoms with Gasteiger partial charge in [0.25, 0.3) is 0 Å². The van der Waals surface area contributed by atoms with Crippen molar-refractivity contribution in [3.63, 3.8) is 0 Å². The molecule has 1 aromatic rings. The molecule has 1 aliphatic carbocycles. The Balaban J connectivity index is 2.10. The maximum absolute atomic E-state index is 6.35. The van der Waals surface area contributed by atoms with Crippen molar-refractivity contribution in [2.75, 3.05) is 0 Å². The van der Waals surface area contributed by atoms with E-state index in [0.717, 1.165) is 18.5 Å². The maximum Gasteiger partial charge on any atom is 0.115 e. The van der Waals surface area contributed by atoms with Crippen molar-refractivity contribution in [1.29, 1.82) is 0 Å². The smallest absolute Gasteiger partial charge is 0.115 e. The molecule has 106 valence electrons. The van der Waals surface area contributed by atoms with Gasteiger partial charge >= 0.3 is 0 Å². The van der Waals surface area contributed by atoms with Crippen LogP contribution in [-0.2, 0) is 4.74 Å². The van der Waals surface area contributed by atoms with Crippen molar-refractivity contribution in [1.82, 2.24) is 4.98 Å². The van der Waals surface area contributed by atoms with Crippen molar-refractivity contribution >= 4 is 0 Å². The molecule has 0 aliphatic heterocycles. The molecule has 19 heavy (non-hydrogen) atoms. The first-order chi connectivity index (χ1) is 9.22. The molecule has 0 bridgehead atoms. The van der Waals surface area contributed by atoms with Gasteiger partial charge in [0.15, 0.2) is 0 Å². The second-order valence-corrected chi connectivity index (χ2v) is 5.68. The number of pyridine rings is 1. The van der Waals surface area contributed by atoms with Crippen LogP contribution in [0.15, 0.2) is 24.4 Å². The largest absolute Gasteiger partial charge is 0.367 e. The fourth-order valence-corrected chi connectivity index (χ4v) is 2.82. The second kappa shape index (κ2) is 7.01. The molecule has 0 saturated heterocycles. The van der Waals surface area contributed by atoms with E-state index in [4.69, 9.17) is 10.5 Å². The van der Waals surface area contributed by atoms with Crippen LogP contribution in [0.1, 0.15) is 57.7 Å². The van der Waals surface area contributed by atoms with Gasteiger partial charge in [0, 0.05) is 12.2 Å². The van der Waals surface area contributed by atoms with Crippen LogP contribution in [0, 0.1) is 5.92 Å². The Morgan fingerprint density at radius 2 is 2.16 bits per heavy atom. The van der Waals surface area contributed by atoms with Crippen LogP contribution in [-0.4, -0.2) is 17.1 Å². The minimum Gasteiger partial charge on any atom is -0.367 e. The summed E-state index contributed by atoms with van der Waals surface area (Å²) in [5.41, 5.74) is 7.21. The van der Waals surface area contributed by atoms with Crippen LogP contribution in [0.4, 0.5) is 0 Å². The number of nitrogens with two attached hydrogens (primary N) is 1. The lowest BCUT2D eigenvalue weighted by molar-refractivity contribution is -0.0694. The molecule has 0 radical (unpaired) electrons. The van der Waals surface area contributed by atoms with Crippen molar-refractivity contribution in [3.8, 4) is 0 Å². The lowest BCUT2D eigenvalue weighted by atomic mass is 9.87. The fourth-order valence-electron chi connectivity index (χ4n) is 2.82. The van der Waals surface area contributed by atoms with E-state index in [9.17, 15) is 0 Å². The molecule has 3 heteroatoms. The van der Waals surface area contributed by atoms with Gasteiger partial charge in [-0.3, -0.25) is 4.98 Å². The first kappa shape index (κ1) is 14.5. The summed E-state index contributed by atoms with van der Waals surface area (Å²) < 4.78 is 6.35. The second-order valence-electron chi connectivity index (χ2n) is 5.68. The van der Waals surface area contributed by atoms with Crippen LogP contribution in [0.5, 0.6) is 0 Å².